The molecule has 2 heterocycles. The number of alkyl halides is 3. The molecule has 4 rings (SSSR count). The fourth-order valence-electron chi connectivity index (χ4n) is 3.05. The van der Waals surface area contributed by atoms with Crippen LogP contribution in [0.1, 0.15) is 27.3 Å². The van der Waals surface area contributed by atoms with E-state index in [0.717, 1.165) is 28.4 Å². The minimum absolute atomic E-state index is 0.0161. The lowest BCUT2D eigenvalue weighted by atomic mass is 10.2. The number of anilines is 1. The first-order valence-electron chi connectivity index (χ1n) is 9.40. The van der Waals surface area contributed by atoms with Gasteiger partial charge in [0.05, 0.1) is 34.7 Å². The lowest BCUT2D eigenvalue weighted by molar-refractivity contribution is -0.137. The molecule has 0 radical (unpaired) electrons. The molecule has 0 bridgehead atoms. The highest BCUT2D eigenvalue weighted by molar-refractivity contribution is 6.32. The van der Waals surface area contributed by atoms with E-state index in [-0.39, 0.29) is 22.2 Å². The zero-order valence-corrected chi connectivity index (χ0v) is 17.4. The number of halogens is 4. The maximum atomic E-state index is 13.2. The molecule has 0 saturated carbocycles. The summed E-state index contributed by atoms with van der Waals surface area (Å²) in [7, 11) is 0. The van der Waals surface area contributed by atoms with Crippen molar-refractivity contribution >= 4 is 23.3 Å². The first-order chi connectivity index (χ1) is 15.2. The van der Waals surface area contributed by atoms with E-state index >= 15 is 0 Å². The molecule has 0 spiro atoms. The molecule has 0 saturated heterocycles. The number of amides is 1. The molecule has 4 aromatic rings. The van der Waals surface area contributed by atoms with E-state index in [2.05, 4.69) is 20.7 Å². The van der Waals surface area contributed by atoms with Gasteiger partial charge in [-0.05, 0) is 30.7 Å². The van der Waals surface area contributed by atoms with Crippen LogP contribution >= 0.6 is 11.6 Å². The van der Waals surface area contributed by atoms with Crippen molar-refractivity contribution in [3.63, 3.8) is 0 Å². The Morgan fingerprint density at radius 3 is 2.59 bits per heavy atom. The summed E-state index contributed by atoms with van der Waals surface area (Å²) >= 11 is 6.13. The van der Waals surface area contributed by atoms with Crippen LogP contribution in [0, 0.1) is 6.92 Å². The van der Waals surface area contributed by atoms with Gasteiger partial charge in [-0.2, -0.15) is 18.3 Å². The molecule has 1 N–H and O–H groups in total. The number of hydrogen-bond donors (Lipinski definition) is 1. The zero-order chi connectivity index (χ0) is 22.9. The molecule has 0 aliphatic heterocycles. The van der Waals surface area contributed by atoms with Gasteiger partial charge in [-0.15, -0.1) is 5.10 Å². The number of rotatable bonds is 5. The number of benzene rings is 2. The van der Waals surface area contributed by atoms with Crippen LogP contribution in [0.25, 0.3) is 5.69 Å². The Morgan fingerprint density at radius 1 is 1.12 bits per heavy atom. The predicted octanol–water partition coefficient (Wildman–Crippen LogP) is 4.75. The standard InChI is InChI=1S/C21H16ClF3N6O/c1-13-9-19(31(28-13)18-10-15(21(23,24)25)7-8-16(18)22)26-20(32)17-12-30(29-27-17)11-14-5-3-2-4-6-14/h2-10,12H,11H2,1H3,(H,26,32). The molecule has 0 atom stereocenters. The fraction of sp³-hybridized carbons (Fsp3) is 0.143. The van der Waals surface area contributed by atoms with Gasteiger partial charge in [0.1, 0.15) is 5.82 Å². The maximum absolute atomic E-state index is 13.2. The highest BCUT2D eigenvalue weighted by Crippen LogP contribution is 2.34. The minimum atomic E-state index is -4.55. The maximum Gasteiger partial charge on any atom is 0.416 e. The van der Waals surface area contributed by atoms with Gasteiger partial charge in [-0.1, -0.05) is 47.1 Å². The van der Waals surface area contributed by atoms with E-state index in [9.17, 15) is 18.0 Å². The molecular weight excluding hydrogens is 445 g/mol. The van der Waals surface area contributed by atoms with Gasteiger partial charge < -0.3 is 5.32 Å². The molecule has 1 amide bonds. The third-order valence-corrected chi connectivity index (χ3v) is 4.85. The third kappa shape index (κ3) is 4.65. The number of nitrogens with zero attached hydrogens (tertiary/aromatic N) is 5. The molecule has 2 aromatic carbocycles. The average Bonchev–Trinajstić information content (AvgIpc) is 3.35. The largest absolute Gasteiger partial charge is 0.416 e. The normalized spacial score (nSPS) is 11.5. The van der Waals surface area contributed by atoms with Crippen molar-refractivity contribution in [2.24, 2.45) is 0 Å². The van der Waals surface area contributed by atoms with Gasteiger partial charge in [-0.3, -0.25) is 4.79 Å². The highest BCUT2D eigenvalue weighted by Gasteiger charge is 2.31. The van der Waals surface area contributed by atoms with Gasteiger partial charge in [0.15, 0.2) is 5.69 Å². The van der Waals surface area contributed by atoms with Crippen molar-refractivity contribution in [2.75, 3.05) is 5.32 Å². The molecule has 7 nitrogen and oxygen atoms in total. The molecule has 0 unspecified atom stereocenters. The monoisotopic (exact) mass is 460 g/mol. The smallest absolute Gasteiger partial charge is 0.305 e. The molecule has 0 aliphatic carbocycles. The van der Waals surface area contributed by atoms with Gasteiger partial charge in [0.25, 0.3) is 5.91 Å². The number of nitrogens with one attached hydrogen (secondary N) is 1. The summed E-state index contributed by atoms with van der Waals surface area (Å²) in [6, 6.07) is 13.9. The van der Waals surface area contributed by atoms with Crippen LogP contribution in [0.4, 0.5) is 19.0 Å². The number of carbonyl (C=O) groups excluding carboxylic acids is 1. The van der Waals surface area contributed by atoms with E-state index in [4.69, 9.17) is 11.6 Å². The molecule has 0 aliphatic rings. The number of carbonyl (C=O) groups is 1. The first-order valence-corrected chi connectivity index (χ1v) is 9.78. The lowest BCUT2D eigenvalue weighted by Gasteiger charge is -2.13. The lowest BCUT2D eigenvalue weighted by Crippen LogP contribution is -2.16. The van der Waals surface area contributed by atoms with Crippen LogP contribution < -0.4 is 5.32 Å². The molecule has 0 fully saturated rings. The zero-order valence-electron chi connectivity index (χ0n) is 16.6. The topological polar surface area (TPSA) is 77.6 Å². The second-order valence-electron chi connectivity index (χ2n) is 6.99. The number of aryl methyl sites for hydroxylation is 1. The predicted molar refractivity (Wildman–Crippen MR) is 112 cm³/mol. The Balaban J connectivity index is 1.59. The number of aromatic nitrogens is 5. The summed E-state index contributed by atoms with van der Waals surface area (Å²) in [5.41, 5.74) is 0.601. The van der Waals surface area contributed by atoms with Gasteiger partial charge in [0.2, 0.25) is 0 Å². The molecule has 11 heteroatoms. The van der Waals surface area contributed by atoms with E-state index in [1.54, 1.807) is 6.92 Å². The van der Waals surface area contributed by atoms with Crippen molar-refractivity contribution in [3.8, 4) is 5.69 Å². The Hall–Kier alpha value is -3.66. The SMILES string of the molecule is Cc1cc(NC(=O)c2cn(Cc3ccccc3)nn2)n(-c2cc(C(F)(F)F)ccc2Cl)n1. The fourth-order valence-corrected chi connectivity index (χ4v) is 3.25. The Morgan fingerprint density at radius 2 is 1.88 bits per heavy atom. The minimum Gasteiger partial charge on any atom is -0.305 e. The summed E-state index contributed by atoms with van der Waals surface area (Å²) in [5, 5.41) is 14.7. The summed E-state index contributed by atoms with van der Waals surface area (Å²) < 4.78 is 42.1. The van der Waals surface area contributed by atoms with Gasteiger partial charge >= 0.3 is 6.18 Å². The Labute approximate surface area is 185 Å². The van der Waals surface area contributed by atoms with Gasteiger partial charge in [0, 0.05) is 6.07 Å². The molecule has 32 heavy (non-hydrogen) atoms. The van der Waals surface area contributed by atoms with E-state index in [1.165, 1.54) is 16.9 Å². The molecule has 2 aromatic heterocycles. The third-order valence-electron chi connectivity index (χ3n) is 4.53. The van der Waals surface area contributed by atoms with Crippen LogP contribution in [0.5, 0.6) is 0 Å². The summed E-state index contributed by atoms with van der Waals surface area (Å²) in [6.07, 6.45) is -3.07. The van der Waals surface area contributed by atoms with Crippen molar-refractivity contribution < 1.29 is 18.0 Å². The highest BCUT2D eigenvalue weighted by atomic mass is 35.5. The summed E-state index contributed by atoms with van der Waals surface area (Å²) in [6.45, 7) is 2.07. The molecule has 164 valence electrons. The van der Waals surface area contributed by atoms with Crippen LogP contribution in [0.3, 0.4) is 0 Å². The molecular formula is C21H16ClF3N6O. The van der Waals surface area contributed by atoms with Gasteiger partial charge in [-0.25, -0.2) is 9.36 Å². The Kier molecular flexibility index (Phi) is 5.70. The quantitative estimate of drug-likeness (QED) is 0.466. The van der Waals surface area contributed by atoms with E-state index in [1.807, 2.05) is 30.3 Å². The summed E-state index contributed by atoms with van der Waals surface area (Å²) in [5.74, 6) is -0.445. The van der Waals surface area contributed by atoms with Crippen LogP contribution in [0.15, 0.2) is 60.8 Å². The first kappa shape index (κ1) is 21.6. The van der Waals surface area contributed by atoms with Crippen molar-refractivity contribution in [3.05, 3.63) is 88.3 Å². The van der Waals surface area contributed by atoms with Crippen LogP contribution in [-0.2, 0) is 12.7 Å². The van der Waals surface area contributed by atoms with Crippen molar-refractivity contribution in [2.45, 2.75) is 19.6 Å². The average molecular weight is 461 g/mol. The van der Waals surface area contributed by atoms with E-state index < -0.39 is 17.6 Å². The second-order valence-corrected chi connectivity index (χ2v) is 7.39. The Bertz CT molecular complexity index is 1270. The second kappa shape index (κ2) is 8.46. The number of hydrogen-bond acceptors (Lipinski definition) is 4. The van der Waals surface area contributed by atoms with Crippen molar-refractivity contribution in [1.29, 1.82) is 0 Å². The van der Waals surface area contributed by atoms with Crippen LogP contribution in [-0.4, -0.2) is 30.7 Å². The van der Waals surface area contributed by atoms with Crippen molar-refractivity contribution in [1.82, 2.24) is 24.8 Å². The summed E-state index contributed by atoms with van der Waals surface area (Å²) in [4.78, 5) is 12.7. The van der Waals surface area contributed by atoms with Crippen LogP contribution in [0.2, 0.25) is 5.02 Å². The van der Waals surface area contributed by atoms with E-state index in [0.29, 0.717) is 12.2 Å².